The number of nitrogens with zero attached hydrogens (tertiary/aromatic N) is 1. The second kappa shape index (κ2) is 5.17. The molecule has 0 radical (unpaired) electrons. The molecule has 0 spiro atoms. The van der Waals surface area contributed by atoms with Gasteiger partial charge in [0.15, 0.2) is 0 Å². The molecule has 1 aliphatic heterocycles. The second-order valence-electron chi connectivity index (χ2n) is 6.55. The van der Waals surface area contributed by atoms with Crippen molar-refractivity contribution in [3.05, 3.63) is 0 Å². The summed E-state index contributed by atoms with van der Waals surface area (Å²) in [4.78, 5) is 14.1. The predicted octanol–water partition coefficient (Wildman–Crippen LogP) is 1.24. The van der Waals surface area contributed by atoms with Crippen LogP contribution in [0.2, 0.25) is 0 Å². The van der Waals surface area contributed by atoms with Crippen molar-refractivity contribution in [2.45, 2.75) is 39.2 Å². The van der Waals surface area contributed by atoms with Gasteiger partial charge in [-0.05, 0) is 51.5 Å². The second-order valence-corrected chi connectivity index (χ2v) is 6.55. The number of hydrogen-bond donors (Lipinski definition) is 1. The third-order valence-corrected chi connectivity index (χ3v) is 4.78. The average Bonchev–Trinajstić information content (AvgIpc) is 2.88. The number of esters is 1. The van der Waals surface area contributed by atoms with Crippen LogP contribution >= 0.6 is 0 Å². The summed E-state index contributed by atoms with van der Waals surface area (Å²) in [6, 6.07) is 0.397. The lowest BCUT2D eigenvalue weighted by Crippen LogP contribution is -2.34. The number of rotatable bonds is 4. The van der Waals surface area contributed by atoms with E-state index >= 15 is 0 Å². The van der Waals surface area contributed by atoms with Gasteiger partial charge in [-0.25, -0.2) is 0 Å². The topological polar surface area (TPSA) is 55.6 Å². The molecule has 18 heavy (non-hydrogen) atoms. The van der Waals surface area contributed by atoms with Gasteiger partial charge in [-0.15, -0.1) is 0 Å². The molecule has 3 unspecified atom stereocenters. The van der Waals surface area contributed by atoms with Crippen LogP contribution in [0.15, 0.2) is 0 Å². The molecule has 1 saturated carbocycles. The minimum atomic E-state index is -0.380. The highest BCUT2D eigenvalue weighted by Gasteiger charge is 2.41. The zero-order valence-corrected chi connectivity index (χ0v) is 11.8. The summed E-state index contributed by atoms with van der Waals surface area (Å²) in [5, 5.41) is 0. The molecule has 1 heterocycles. The largest absolute Gasteiger partial charge is 0.469 e. The van der Waals surface area contributed by atoms with Crippen molar-refractivity contribution in [2.75, 3.05) is 26.7 Å². The van der Waals surface area contributed by atoms with Crippen molar-refractivity contribution >= 4 is 5.97 Å². The van der Waals surface area contributed by atoms with Crippen molar-refractivity contribution in [2.24, 2.45) is 23.0 Å². The van der Waals surface area contributed by atoms with Crippen LogP contribution in [0.4, 0.5) is 0 Å². The lowest BCUT2D eigenvalue weighted by molar-refractivity contribution is -0.151. The molecule has 2 fully saturated rings. The number of nitrogens with two attached hydrogens (primary N) is 1. The van der Waals surface area contributed by atoms with Crippen molar-refractivity contribution in [3.63, 3.8) is 0 Å². The first-order valence-corrected chi connectivity index (χ1v) is 7.00. The van der Waals surface area contributed by atoms with E-state index in [4.69, 9.17) is 10.5 Å². The Kier molecular flexibility index (Phi) is 3.97. The molecule has 4 nitrogen and oxygen atoms in total. The van der Waals surface area contributed by atoms with Crippen LogP contribution in [0, 0.1) is 17.3 Å². The molecule has 2 N–H and O–H groups in total. The molecule has 104 valence electrons. The first-order chi connectivity index (χ1) is 8.44. The summed E-state index contributed by atoms with van der Waals surface area (Å²) in [6.07, 6.45) is 3.33. The Morgan fingerprint density at radius 1 is 1.39 bits per heavy atom. The van der Waals surface area contributed by atoms with Crippen LogP contribution in [-0.4, -0.2) is 43.7 Å². The maximum absolute atomic E-state index is 11.6. The fourth-order valence-electron chi connectivity index (χ4n) is 3.40. The molecule has 1 aliphatic carbocycles. The van der Waals surface area contributed by atoms with E-state index in [0.717, 1.165) is 32.0 Å². The monoisotopic (exact) mass is 254 g/mol. The van der Waals surface area contributed by atoms with E-state index in [1.807, 2.05) is 13.8 Å². The van der Waals surface area contributed by atoms with Gasteiger partial charge in [0.25, 0.3) is 0 Å². The van der Waals surface area contributed by atoms with E-state index < -0.39 is 0 Å². The lowest BCUT2D eigenvalue weighted by Gasteiger charge is -2.25. The Bertz CT molecular complexity index is 317. The van der Waals surface area contributed by atoms with Crippen molar-refractivity contribution in [3.8, 4) is 0 Å². The van der Waals surface area contributed by atoms with E-state index in [2.05, 4.69) is 4.90 Å². The number of ether oxygens (including phenoxy) is 1. The number of hydrogen-bond acceptors (Lipinski definition) is 4. The number of carbonyl (C=O) groups excluding carboxylic acids is 1. The molecule has 0 amide bonds. The molecule has 3 atom stereocenters. The first kappa shape index (κ1) is 13.8. The van der Waals surface area contributed by atoms with Gasteiger partial charge in [0.05, 0.1) is 12.5 Å². The summed E-state index contributed by atoms with van der Waals surface area (Å²) in [6.45, 7) is 7.17. The highest BCUT2D eigenvalue weighted by molar-refractivity contribution is 5.75. The van der Waals surface area contributed by atoms with E-state index in [-0.39, 0.29) is 11.4 Å². The Morgan fingerprint density at radius 2 is 2.11 bits per heavy atom. The number of likely N-dealkylation sites (tertiary alicyclic amines) is 1. The van der Waals surface area contributed by atoms with E-state index in [1.165, 1.54) is 20.0 Å². The number of methoxy groups -OCH3 is 1. The Morgan fingerprint density at radius 3 is 2.72 bits per heavy atom. The zero-order chi connectivity index (χ0) is 13.3. The number of carbonyl (C=O) groups is 1. The summed E-state index contributed by atoms with van der Waals surface area (Å²) >= 11 is 0. The van der Waals surface area contributed by atoms with Gasteiger partial charge in [0.2, 0.25) is 0 Å². The highest BCUT2D eigenvalue weighted by Crippen LogP contribution is 2.37. The van der Waals surface area contributed by atoms with Crippen molar-refractivity contribution < 1.29 is 9.53 Å². The standard InChI is InChI=1S/C14H26N2O2/c1-14(2,13(17)18-3)6-7-16-8-10-4-5-12(15)11(10)9-16/h10-12H,4-9,15H2,1-3H3. The van der Waals surface area contributed by atoms with Gasteiger partial charge >= 0.3 is 5.97 Å². The Labute approximate surface area is 110 Å². The Balaban J connectivity index is 1.81. The third-order valence-electron chi connectivity index (χ3n) is 4.78. The quantitative estimate of drug-likeness (QED) is 0.767. The minimum absolute atomic E-state index is 0.112. The molecule has 0 aromatic heterocycles. The van der Waals surface area contributed by atoms with Gasteiger partial charge < -0.3 is 15.4 Å². The maximum atomic E-state index is 11.6. The molecule has 1 saturated heterocycles. The van der Waals surface area contributed by atoms with Gasteiger partial charge in [-0.2, -0.15) is 0 Å². The lowest BCUT2D eigenvalue weighted by atomic mass is 9.89. The molecular weight excluding hydrogens is 228 g/mol. The molecule has 2 rings (SSSR count). The summed E-state index contributed by atoms with van der Waals surface area (Å²) < 4.78 is 4.84. The van der Waals surface area contributed by atoms with Crippen LogP contribution in [0.1, 0.15) is 33.1 Å². The van der Waals surface area contributed by atoms with Gasteiger partial charge in [0.1, 0.15) is 0 Å². The van der Waals surface area contributed by atoms with E-state index in [9.17, 15) is 4.79 Å². The fourth-order valence-corrected chi connectivity index (χ4v) is 3.40. The van der Waals surface area contributed by atoms with E-state index in [1.54, 1.807) is 0 Å². The Hall–Kier alpha value is -0.610. The maximum Gasteiger partial charge on any atom is 0.311 e. The predicted molar refractivity (Wildman–Crippen MR) is 71.0 cm³/mol. The average molecular weight is 254 g/mol. The summed E-state index contributed by atoms with van der Waals surface area (Å²) in [5.74, 6) is 1.37. The van der Waals surface area contributed by atoms with Crippen molar-refractivity contribution in [1.82, 2.24) is 4.90 Å². The molecular formula is C14H26N2O2. The summed E-state index contributed by atoms with van der Waals surface area (Å²) in [5.41, 5.74) is 5.75. The van der Waals surface area contributed by atoms with Gasteiger partial charge in [-0.1, -0.05) is 0 Å². The fraction of sp³-hybridized carbons (Fsp3) is 0.929. The third kappa shape index (κ3) is 2.69. The van der Waals surface area contributed by atoms with Crippen molar-refractivity contribution in [1.29, 1.82) is 0 Å². The first-order valence-electron chi connectivity index (χ1n) is 7.00. The van der Waals surface area contributed by atoms with Crippen LogP contribution in [0.3, 0.4) is 0 Å². The molecule has 0 aromatic rings. The highest BCUT2D eigenvalue weighted by atomic mass is 16.5. The molecule has 0 aromatic carbocycles. The number of fused-ring (bicyclic) bond motifs is 1. The summed E-state index contributed by atoms with van der Waals surface area (Å²) in [7, 11) is 1.46. The van der Waals surface area contributed by atoms with Crippen LogP contribution in [0.25, 0.3) is 0 Å². The van der Waals surface area contributed by atoms with Crippen LogP contribution < -0.4 is 5.73 Å². The molecule has 2 aliphatic rings. The van der Waals surface area contributed by atoms with Gasteiger partial charge in [-0.3, -0.25) is 4.79 Å². The normalized spacial score (nSPS) is 32.6. The van der Waals surface area contributed by atoms with Gasteiger partial charge in [0, 0.05) is 19.1 Å². The molecule has 4 heteroatoms. The van der Waals surface area contributed by atoms with E-state index in [0.29, 0.717) is 12.0 Å². The van der Waals surface area contributed by atoms with Crippen LogP contribution in [0.5, 0.6) is 0 Å². The zero-order valence-electron chi connectivity index (χ0n) is 11.8. The molecule has 0 bridgehead atoms. The smallest absolute Gasteiger partial charge is 0.311 e. The minimum Gasteiger partial charge on any atom is -0.469 e. The SMILES string of the molecule is COC(=O)C(C)(C)CCN1CC2CCC(N)C2C1. The van der Waals surface area contributed by atoms with Crippen LogP contribution in [-0.2, 0) is 9.53 Å².